The fourth-order valence-electron chi connectivity index (χ4n) is 2.57. The number of hydrogen-bond acceptors (Lipinski definition) is 3. The first-order valence-electron chi connectivity index (χ1n) is 6.78. The Bertz CT molecular complexity index is 473. The van der Waals surface area contributed by atoms with E-state index in [9.17, 15) is 0 Å². The van der Waals surface area contributed by atoms with E-state index in [1.54, 1.807) is 0 Å². The summed E-state index contributed by atoms with van der Waals surface area (Å²) in [6, 6.07) is 6.27. The molecular weight excluding hydrogens is 260 g/mol. The molecule has 1 aromatic rings. The molecule has 0 amide bonds. The zero-order chi connectivity index (χ0) is 13.1. The highest BCUT2D eigenvalue weighted by molar-refractivity contribution is 7.80. The van der Waals surface area contributed by atoms with Gasteiger partial charge in [0.25, 0.3) is 0 Å². The number of anilines is 1. The lowest BCUT2D eigenvalue weighted by Gasteiger charge is -2.24. The lowest BCUT2D eigenvalue weighted by molar-refractivity contribution is 0.174. The SMILES string of the molecule is S=C(Nc1ccc2c(c1)OCO2)NC1CCCCC1. The molecule has 5 heteroatoms. The molecule has 19 heavy (non-hydrogen) atoms. The summed E-state index contributed by atoms with van der Waals surface area (Å²) in [5.74, 6) is 1.56. The number of benzene rings is 1. The Kier molecular flexibility index (Phi) is 3.73. The standard InChI is InChI=1S/C14H18N2O2S/c19-14(15-10-4-2-1-3-5-10)16-11-6-7-12-13(8-11)18-9-17-12/h6-8,10H,1-5,9H2,(H2,15,16,19). The van der Waals surface area contributed by atoms with Crippen LogP contribution in [-0.4, -0.2) is 17.9 Å². The Labute approximate surface area is 118 Å². The molecule has 0 saturated heterocycles. The average Bonchev–Trinajstić information content (AvgIpc) is 2.87. The third-order valence-electron chi connectivity index (χ3n) is 3.57. The van der Waals surface area contributed by atoms with Crippen molar-refractivity contribution in [2.45, 2.75) is 38.1 Å². The van der Waals surface area contributed by atoms with E-state index in [2.05, 4.69) is 10.6 Å². The molecule has 102 valence electrons. The van der Waals surface area contributed by atoms with Crippen LogP contribution in [0.1, 0.15) is 32.1 Å². The van der Waals surface area contributed by atoms with Gasteiger partial charge in [0.05, 0.1) is 0 Å². The van der Waals surface area contributed by atoms with E-state index < -0.39 is 0 Å². The van der Waals surface area contributed by atoms with Crippen molar-refractivity contribution in [3.63, 3.8) is 0 Å². The van der Waals surface area contributed by atoms with Crippen LogP contribution in [0.25, 0.3) is 0 Å². The summed E-state index contributed by atoms with van der Waals surface area (Å²) in [7, 11) is 0. The molecule has 0 atom stereocenters. The van der Waals surface area contributed by atoms with Gasteiger partial charge >= 0.3 is 0 Å². The van der Waals surface area contributed by atoms with Crippen LogP contribution in [0, 0.1) is 0 Å². The summed E-state index contributed by atoms with van der Waals surface area (Å²) in [5.41, 5.74) is 0.928. The molecule has 0 unspecified atom stereocenters. The molecule has 2 aliphatic rings. The van der Waals surface area contributed by atoms with Crippen LogP contribution in [-0.2, 0) is 0 Å². The average molecular weight is 278 g/mol. The smallest absolute Gasteiger partial charge is 0.231 e. The largest absolute Gasteiger partial charge is 0.454 e. The van der Waals surface area contributed by atoms with Crippen LogP contribution in [0.15, 0.2) is 18.2 Å². The van der Waals surface area contributed by atoms with Gasteiger partial charge in [0, 0.05) is 17.8 Å². The van der Waals surface area contributed by atoms with E-state index in [0.717, 1.165) is 17.2 Å². The van der Waals surface area contributed by atoms with E-state index in [4.69, 9.17) is 21.7 Å². The number of nitrogens with one attached hydrogen (secondary N) is 2. The van der Waals surface area contributed by atoms with Crippen molar-refractivity contribution in [2.24, 2.45) is 0 Å². The summed E-state index contributed by atoms with van der Waals surface area (Å²) >= 11 is 5.35. The number of thiocarbonyl (C=S) groups is 1. The highest BCUT2D eigenvalue weighted by atomic mass is 32.1. The molecule has 2 N–H and O–H groups in total. The van der Waals surface area contributed by atoms with Gasteiger partial charge in [0.2, 0.25) is 6.79 Å². The van der Waals surface area contributed by atoms with Crippen LogP contribution >= 0.6 is 12.2 Å². The fourth-order valence-corrected chi connectivity index (χ4v) is 2.86. The molecule has 4 nitrogen and oxygen atoms in total. The second kappa shape index (κ2) is 5.65. The molecule has 3 rings (SSSR count). The molecule has 0 aromatic heterocycles. The molecule has 0 radical (unpaired) electrons. The third-order valence-corrected chi connectivity index (χ3v) is 3.79. The van der Waals surface area contributed by atoms with E-state index in [-0.39, 0.29) is 0 Å². The Hall–Kier alpha value is -1.49. The predicted molar refractivity (Wildman–Crippen MR) is 78.8 cm³/mol. The van der Waals surface area contributed by atoms with Crippen molar-refractivity contribution in [3.05, 3.63) is 18.2 Å². The first-order chi connectivity index (χ1) is 9.31. The zero-order valence-corrected chi connectivity index (χ0v) is 11.6. The Balaban J connectivity index is 1.56. The van der Waals surface area contributed by atoms with Crippen molar-refractivity contribution >= 4 is 23.0 Å². The summed E-state index contributed by atoms with van der Waals surface area (Å²) in [4.78, 5) is 0. The van der Waals surface area contributed by atoms with Gasteiger partial charge in [-0.1, -0.05) is 19.3 Å². The van der Waals surface area contributed by atoms with Crippen molar-refractivity contribution in [1.82, 2.24) is 5.32 Å². The second-order valence-corrected chi connectivity index (χ2v) is 5.41. The minimum Gasteiger partial charge on any atom is -0.454 e. The van der Waals surface area contributed by atoms with Gasteiger partial charge in [-0.05, 0) is 37.2 Å². The van der Waals surface area contributed by atoms with Crippen molar-refractivity contribution in [1.29, 1.82) is 0 Å². The van der Waals surface area contributed by atoms with Gasteiger partial charge in [-0.25, -0.2) is 0 Å². The van der Waals surface area contributed by atoms with Crippen LogP contribution in [0.3, 0.4) is 0 Å². The summed E-state index contributed by atoms with van der Waals surface area (Å²) in [5, 5.41) is 7.27. The van der Waals surface area contributed by atoms with Gasteiger partial charge in [-0.2, -0.15) is 0 Å². The lowest BCUT2D eigenvalue weighted by atomic mass is 9.96. The van der Waals surface area contributed by atoms with Gasteiger partial charge in [-0.3, -0.25) is 0 Å². The minimum absolute atomic E-state index is 0.295. The highest BCUT2D eigenvalue weighted by Crippen LogP contribution is 2.34. The number of hydrogen-bond donors (Lipinski definition) is 2. The van der Waals surface area contributed by atoms with E-state index in [1.807, 2.05) is 18.2 Å². The maximum absolute atomic E-state index is 5.35. The third kappa shape index (κ3) is 3.10. The Morgan fingerprint density at radius 3 is 2.74 bits per heavy atom. The maximum Gasteiger partial charge on any atom is 0.231 e. The van der Waals surface area contributed by atoms with Crippen LogP contribution in [0.2, 0.25) is 0 Å². The molecule has 1 aliphatic carbocycles. The van der Waals surface area contributed by atoms with Crippen molar-refractivity contribution in [3.8, 4) is 11.5 Å². The molecule has 1 aromatic carbocycles. The fraction of sp³-hybridized carbons (Fsp3) is 0.500. The summed E-state index contributed by atoms with van der Waals surface area (Å²) in [6.45, 7) is 0.295. The molecule has 1 aliphatic heterocycles. The summed E-state index contributed by atoms with van der Waals surface area (Å²) in [6.07, 6.45) is 6.36. The van der Waals surface area contributed by atoms with Crippen molar-refractivity contribution in [2.75, 3.05) is 12.1 Å². The summed E-state index contributed by atoms with van der Waals surface area (Å²) < 4.78 is 10.6. The monoisotopic (exact) mass is 278 g/mol. The maximum atomic E-state index is 5.35. The van der Waals surface area contributed by atoms with Crippen LogP contribution < -0.4 is 20.1 Å². The first-order valence-corrected chi connectivity index (χ1v) is 7.19. The predicted octanol–water partition coefficient (Wildman–Crippen LogP) is 3.03. The van der Waals surface area contributed by atoms with E-state index in [0.29, 0.717) is 17.9 Å². The molecule has 0 bridgehead atoms. The first kappa shape index (κ1) is 12.5. The highest BCUT2D eigenvalue weighted by Gasteiger charge is 2.16. The van der Waals surface area contributed by atoms with Crippen molar-refractivity contribution < 1.29 is 9.47 Å². The minimum atomic E-state index is 0.295. The van der Waals surface area contributed by atoms with E-state index in [1.165, 1.54) is 32.1 Å². The quantitative estimate of drug-likeness (QED) is 0.814. The molecular formula is C14H18N2O2S. The second-order valence-electron chi connectivity index (χ2n) is 5.00. The molecule has 1 saturated carbocycles. The number of ether oxygens (including phenoxy) is 2. The normalized spacial score (nSPS) is 18.1. The Morgan fingerprint density at radius 1 is 1.11 bits per heavy atom. The lowest BCUT2D eigenvalue weighted by Crippen LogP contribution is -2.38. The van der Waals surface area contributed by atoms with Gasteiger partial charge in [0.15, 0.2) is 16.6 Å². The van der Waals surface area contributed by atoms with Gasteiger partial charge in [-0.15, -0.1) is 0 Å². The number of rotatable bonds is 2. The van der Waals surface area contributed by atoms with Crippen LogP contribution in [0.4, 0.5) is 5.69 Å². The van der Waals surface area contributed by atoms with Gasteiger partial charge < -0.3 is 20.1 Å². The van der Waals surface area contributed by atoms with E-state index >= 15 is 0 Å². The topological polar surface area (TPSA) is 42.5 Å². The molecule has 0 spiro atoms. The molecule has 1 heterocycles. The Morgan fingerprint density at radius 2 is 1.89 bits per heavy atom. The van der Waals surface area contributed by atoms with Gasteiger partial charge in [0.1, 0.15) is 0 Å². The molecule has 1 fully saturated rings. The number of fused-ring (bicyclic) bond motifs is 1. The zero-order valence-electron chi connectivity index (χ0n) is 10.8. The van der Waals surface area contributed by atoms with Crippen LogP contribution in [0.5, 0.6) is 11.5 Å².